The van der Waals surface area contributed by atoms with Crippen LogP contribution in [0, 0.1) is 0 Å². The second-order valence-corrected chi connectivity index (χ2v) is 5.16. The molecule has 2 heterocycles. The van der Waals surface area contributed by atoms with Crippen LogP contribution in [0.3, 0.4) is 0 Å². The molecule has 3 N–H and O–H groups in total. The number of pyridine rings is 1. The number of aromatic nitrogens is 1. The van der Waals surface area contributed by atoms with Gasteiger partial charge in [0.25, 0.3) is 0 Å². The molecule has 1 aromatic heterocycles. The molecular formula is C16H15N3O4. The number of benzene rings is 1. The summed E-state index contributed by atoms with van der Waals surface area (Å²) in [7, 11) is 0. The van der Waals surface area contributed by atoms with Gasteiger partial charge in [-0.2, -0.15) is 0 Å². The number of nitrogens with zero attached hydrogens (tertiary/aromatic N) is 2. The molecule has 7 nitrogen and oxygen atoms in total. The van der Waals surface area contributed by atoms with Crippen LogP contribution < -0.4 is 10.5 Å². The second-order valence-electron chi connectivity index (χ2n) is 5.16. The molecule has 3 rings (SSSR count). The standard InChI is InChI=1S/C16H15N3O4/c17-15(21)16(22)19-4-5-23-14-12(9-19)6-11(7-13(14)20)10-2-1-3-18-8-10/h1-3,6-8,20H,4-5,9H2,(H2,17,21). The Balaban J connectivity index is 2.01. The van der Waals surface area contributed by atoms with Crippen molar-refractivity contribution < 1.29 is 19.4 Å². The fourth-order valence-electron chi connectivity index (χ4n) is 2.53. The van der Waals surface area contributed by atoms with Gasteiger partial charge < -0.3 is 20.5 Å². The van der Waals surface area contributed by atoms with E-state index < -0.39 is 11.8 Å². The summed E-state index contributed by atoms with van der Waals surface area (Å²) in [5.41, 5.74) is 7.23. The molecule has 2 aromatic rings. The zero-order valence-electron chi connectivity index (χ0n) is 12.2. The molecule has 0 radical (unpaired) electrons. The van der Waals surface area contributed by atoms with Crippen molar-refractivity contribution in [3.8, 4) is 22.6 Å². The van der Waals surface area contributed by atoms with Crippen LogP contribution in [0.15, 0.2) is 36.7 Å². The summed E-state index contributed by atoms with van der Waals surface area (Å²) in [6.45, 7) is 0.530. The predicted octanol–water partition coefficient (Wildman–Crippen LogP) is 0.660. The summed E-state index contributed by atoms with van der Waals surface area (Å²) < 4.78 is 5.52. The average Bonchev–Trinajstić information content (AvgIpc) is 2.77. The molecule has 0 saturated carbocycles. The number of amides is 2. The molecule has 0 fully saturated rings. The number of ether oxygens (including phenoxy) is 1. The molecule has 0 atom stereocenters. The van der Waals surface area contributed by atoms with Crippen LogP contribution in [0.1, 0.15) is 5.56 Å². The number of hydrogen-bond donors (Lipinski definition) is 2. The van der Waals surface area contributed by atoms with E-state index >= 15 is 0 Å². The smallest absolute Gasteiger partial charge is 0.312 e. The Kier molecular flexibility index (Phi) is 3.84. The van der Waals surface area contributed by atoms with Crippen LogP contribution >= 0.6 is 0 Å². The van der Waals surface area contributed by atoms with Crippen molar-refractivity contribution in [3.05, 3.63) is 42.2 Å². The van der Waals surface area contributed by atoms with E-state index in [4.69, 9.17) is 10.5 Å². The number of phenolic OH excluding ortho intramolecular Hbond substituents is 1. The quantitative estimate of drug-likeness (QED) is 0.752. The van der Waals surface area contributed by atoms with E-state index in [0.29, 0.717) is 11.3 Å². The highest BCUT2D eigenvalue weighted by Gasteiger charge is 2.25. The summed E-state index contributed by atoms with van der Waals surface area (Å²) in [5, 5.41) is 10.2. The lowest BCUT2D eigenvalue weighted by Gasteiger charge is -2.18. The average molecular weight is 313 g/mol. The Labute approximate surface area is 132 Å². The number of primary amides is 1. The Morgan fingerprint density at radius 2 is 2.13 bits per heavy atom. The summed E-state index contributed by atoms with van der Waals surface area (Å²) in [4.78, 5) is 28.3. The number of aromatic hydroxyl groups is 1. The number of fused-ring (bicyclic) bond motifs is 1. The van der Waals surface area contributed by atoms with Gasteiger partial charge >= 0.3 is 11.8 Å². The molecule has 1 aromatic carbocycles. The number of rotatable bonds is 1. The first-order chi connectivity index (χ1) is 11.1. The van der Waals surface area contributed by atoms with E-state index in [2.05, 4.69) is 4.98 Å². The molecule has 0 unspecified atom stereocenters. The summed E-state index contributed by atoms with van der Waals surface area (Å²) in [6, 6.07) is 7.04. The van der Waals surface area contributed by atoms with Gasteiger partial charge in [-0.15, -0.1) is 0 Å². The third-order valence-electron chi connectivity index (χ3n) is 3.61. The fraction of sp³-hybridized carbons (Fsp3) is 0.188. The molecule has 0 saturated heterocycles. The maximum absolute atomic E-state index is 11.8. The van der Waals surface area contributed by atoms with E-state index in [0.717, 1.165) is 11.1 Å². The molecule has 7 heteroatoms. The van der Waals surface area contributed by atoms with Gasteiger partial charge in [-0.3, -0.25) is 14.6 Å². The highest BCUT2D eigenvalue weighted by molar-refractivity contribution is 6.34. The van der Waals surface area contributed by atoms with E-state index in [9.17, 15) is 14.7 Å². The van der Waals surface area contributed by atoms with Crippen molar-refractivity contribution >= 4 is 11.8 Å². The minimum Gasteiger partial charge on any atom is -0.504 e. The maximum atomic E-state index is 11.8. The van der Waals surface area contributed by atoms with Crippen LogP contribution in [-0.4, -0.2) is 40.0 Å². The lowest BCUT2D eigenvalue weighted by Crippen LogP contribution is -2.40. The minimum absolute atomic E-state index is 0.0188. The van der Waals surface area contributed by atoms with Crippen LogP contribution in [-0.2, 0) is 16.1 Å². The maximum Gasteiger partial charge on any atom is 0.312 e. The highest BCUT2D eigenvalue weighted by atomic mass is 16.5. The van der Waals surface area contributed by atoms with E-state index in [1.807, 2.05) is 6.07 Å². The lowest BCUT2D eigenvalue weighted by atomic mass is 10.0. The molecule has 23 heavy (non-hydrogen) atoms. The molecule has 0 aliphatic carbocycles. The minimum atomic E-state index is -1.01. The van der Waals surface area contributed by atoms with Crippen LogP contribution in [0.2, 0.25) is 0 Å². The summed E-state index contributed by atoms with van der Waals surface area (Å²) in [6.07, 6.45) is 3.33. The van der Waals surface area contributed by atoms with E-state index in [-0.39, 0.29) is 25.4 Å². The van der Waals surface area contributed by atoms with Crippen molar-refractivity contribution in [3.63, 3.8) is 0 Å². The number of carbonyl (C=O) groups is 2. The first-order valence-corrected chi connectivity index (χ1v) is 7.04. The van der Waals surface area contributed by atoms with Gasteiger partial charge in [0.05, 0.1) is 13.1 Å². The monoisotopic (exact) mass is 313 g/mol. The van der Waals surface area contributed by atoms with Crippen molar-refractivity contribution in [1.82, 2.24) is 9.88 Å². The molecule has 1 aliphatic heterocycles. The normalized spacial score (nSPS) is 13.7. The zero-order chi connectivity index (χ0) is 16.4. The predicted molar refractivity (Wildman–Crippen MR) is 81.4 cm³/mol. The Morgan fingerprint density at radius 1 is 1.30 bits per heavy atom. The van der Waals surface area contributed by atoms with E-state index in [1.165, 1.54) is 4.90 Å². The van der Waals surface area contributed by atoms with Crippen molar-refractivity contribution in [2.45, 2.75) is 6.54 Å². The van der Waals surface area contributed by atoms with Crippen molar-refractivity contribution in [1.29, 1.82) is 0 Å². The largest absolute Gasteiger partial charge is 0.504 e. The van der Waals surface area contributed by atoms with Gasteiger partial charge in [-0.1, -0.05) is 6.07 Å². The van der Waals surface area contributed by atoms with Gasteiger partial charge in [0.1, 0.15) is 6.61 Å². The SMILES string of the molecule is NC(=O)C(=O)N1CCOc2c(O)cc(-c3cccnc3)cc2C1. The molecule has 2 amide bonds. The van der Waals surface area contributed by atoms with Gasteiger partial charge in [0, 0.05) is 23.5 Å². The van der Waals surface area contributed by atoms with Gasteiger partial charge in [0.15, 0.2) is 11.5 Å². The van der Waals surface area contributed by atoms with Gasteiger partial charge in [0.2, 0.25) is 0 Å². The molecule has 1 aliphatic rings. The fourth-order valence-corrected chi connectivity index (χ4v) is 2.53. The summed E-state index contributed by atoms with van der Waals surface area (Å²) in [5.74, 6) is -1.49. The van der Waals surface area contributed by atoms with Crippen LogP contribution in [0.25, 0.3) is 11.1 Å². The first-order valence-electron chi connectivity index (χ1n) is 7.04. The van der Waals surface area contributed by atoms with Crippen LogP contribution in [0.4, 0.5) is 0 Å². The van der Waals surface area contributed by atoms with Gasteiger partial charge in [-0.25, -0.2) is 0 Å². The molecule has 0 spiro atoms. The Morgan fingerprint density at radius 3 is 2.83 bits per heavy atom. The topological polar surface area (TPSA) is 106 Å². The Bertz CT molecular complexity index is 761. The van der Waals surface area contributed by atoms with Gasteiger partial charge in [-0.05, 0) is 23.8 Å². The second kappa shape index (κ2) is 5.96. The highest BCUT2D eigenvalue weighted by Crippen LogP contribution is 2.37. The van der Waals surface area contributed by atoms with E-state index in [1.54, 1.807) is 30.6 Å². The van der Waals surface area contributed by atoms with Crippen LogP contribution in [0.5, 0.6) is 11.5 Å². The molecular weight excluding hydrogens is 298 g/mol. The lowest BCUT2D eigenvalue weighted by molar-refractivity contribution is -0.144. The Hall–Kier alpha value is -3.09. The van der Waals surface area contributed by atoms with Crippen molar-refractivity contribution in [2.24, 2.45) is 5.73 Å². The number of nitrogens with two attached hydrogens (primary N) is 1. The first kappa shape index (κ1) is 14.8. The zero-order valence-corrected chi connectivity index (χ0v) is 12.2. The van der Waals surface area contributed by atoms with Crippen molar-refractivity contribution in [2.75, 3.05) is 13.2 Å². The third kappa shape index (κ3) is 2.94. The molecule has 118 valence electrons. The third-order valence-corrected chi connectivity index (χ3v) is 3.61. The number of hydrogen-bond acceptors (Lipinski definition) is 5. The summed E-state index contributed by atoms with van der Waals surface area (Å²) >= 11 is 0. The number of phenols is 1. The number of carbonyl (C=O) groups excluding carboxylic acids is 2. The molecule has 0 bridgehead atoms.